The van der Waals surface area contributed by atoms with Gasteiger partial charge in [0.05, 0.1) is 11.1 Å². The third kappa shape index (κ3) is 2.67. The molecular formula is C16H12O5. The standard InChI is InChI=1S/C16H12O5/c1-9-5-2-3-6-10(9)14(17)11-7-4-8-12(15(18)19)13(11)16(20)21/h2-8H,1H3,(H,18,19)(H,20,21). The van der Waals surface area contributed by atoms with Gasteiger partial charge in [-0.2, -0.15) is 0 Å². The van der Waals surface area contributed by atoms with E-state index in [1.165, 1.54) is 18.2 Å². The number of hydrogen-bond acceptors (Lipinski definition) is 3. The van der Waals surface area contributed by atoms with Gasteiger partial charge in [0, 0.05) is 11.1 Å². The topological polar surface area (TPSA) is 91.7 Å². The number of ketones is 1. The number of carboxylic acids is 2. The molecule has 2 aromatic carbocycles. The van der Waals surface area contributed by atoms with Crippen molar-refractivity contribution in [2.24, 2.45) is 0 Å². The normalized spacial score (nSPS) is 10.1. The van der Waals surface area contributed by atoms with Crippen LogP contribution >= 0.6 is 0 Å². The van der Waals surface area contributed by atoms with E-state index < -0.39 is 28.8 Å². The summed E-state index contributed by atoms with van der Waals surface area (Å²) in [4.78, 5) is 35.0. The van der Waals surface area contributed by atoms with Crippen molar-refractivity contribution in [1.29, 1.82) is 0 Å². The Hall–Kier alpha value is -2.95. The highest BCUT2D eigenvalue weighted by Gasteiger charge is 2.24. The van der Waals surface area contributed by atoms with Crippen LogP contribution in [0.3, 0.4) is 0 Å². The van der Waals surface area contributed by atoms with Crippen molar-refractivity contribution < 1.29 is 24.6 Å². The minimum atomic E-state index is -1.44. The predicted molar refractivity (Wildman–Crippen MR) is 75.0 cm³/mol. The second-order valence-electron chi connectivity index (χ2n) is 4.48. The molecule has 21 heavy (non-hydrogen) atoms. The third-order valence-electron chi connectivity index (χ3n) is 3.14. The van der Waals surface area contributed by atoms with E-state index >= 15 is 0 Å². The Kier molecular flexibility index (Phi) is 3.84. The molecule has 0 aliphatic carbocycles. The first-order valence-electron chi connectivity index (χ1n) is 6.13. The fourth-order valence-electron chi connectivity index (χ4n) is 2.12. The Morgan fingerprint density at radius 2 is 1.33 bits per heavy atom. The molecule has 0 atom stereocenters. The molecule has 5 heteroatoms. The number of hydrogen-bond donors (Lipinski definition) is 2. The van der Waals surface area contributed by atoms with Gasteiger partial charge in [-0.05, 0) is 18.6 Å². The fourth-order valence-corrected chi connectivity index (χ4v) is 2.12. The number of benzene rings is 2. The van der Waals surface area contributed by atoms with Crippen LogP contribution in [0, 0.1) is 6.92 Å². The van der Waals surface area contributed by atoms with Gasteiger partial charge in [-0.15, -0.1) is 0 Å². The van der Waals surface area contributed by atoms with Crippen molar-refractivity contribution in [1.82, 2.24) is 0 Å². The van der Waals surface area contributed by atoms with Crippen LogP contribution in [0.25, 0.3) is 0 Å². The lowest BCUT2D eigenvalue weighted by molar-refractivity contribution is 0.0649. The van der Waals surface area contributed by atoms with Crippen LogP contribution in [0.4, 0.5) is 0 Å². The van der Waals surface area contributed by atoms with Gasteiger partial charge in [-0.3, -0.25) is 4.79 Å². The van der Waals surface area contributed by atoms with Gasteiger partial charge in [-0.25, -0.2) is 9.59 Å². The summed E-state index contributed by atoms with van der Waals surface area (Å²) >= 11 is 0. The minimum absolute atomic E-state index is 0.128. The molecule has 106 valence electrons. The van der Waals surface area contributed by atoms with Gasteiger partial charge in [-0.1, -0.05) is 36.4 Å². The van der Waals surface area contributed by atoms with Crippen molar-refractivity contribution in [3.63, 3.8) is 0 Å². The van der Waals surface area contributed by atoms with Crippen LogP contribution in [-0.2, 0) is 0 Å². The molecule has 0 amide bonds. The summed E-state index contributed by atoms with van der Waals surface area (Å²) in [6.07, 6.45) is 0. The van der Waals surface area contributed by atoms with Crippen LogP contribution in [-0.4, -0.2) is 27.9 Å². The summed E-state index contributed by atoms with van der Waals surface area (Å²) in [6, 6.07) is 10.6. The van der Waals surface area contributed by atoms with E-state index in [1.807, 2.05) is 0 Å². The van der Waals surface area contributed by atoms with E-state index in [0.29, 0.717) is 11.1 Å². The molecule has 0 unspecified atom stereocenters. The summed E-state index contributed by atoms with van der Waals surface area (Å²) in [5, 5.41) is 18.3. The van der Waals surface area contributed by atoms with Crippen molar-refractivity contribution in [2.45, 2.75) is 6.92 Å². The maximum Gasteiger partial charge on any atom is 0.337 e. The molecule has 2 N–H and O–H groups in total. The Balaban J connectivity index is 2.67. The second-order valence-corrected chi connectivity index (χ2v) is 4.48. The lowest BCUT2D eigenvalue weighted by atomic mass is 9.93. The largest absolute Gasteiger partial charge is 0.478 e. The molecule has 2 rings (SSSR count). The lowest BCUT2D eigenvalue weighted by Crippen LogP contribution is -2.15. The SMILES string of the molecule is Cc1ccccc1C(=O)c1cccc(C(=O)O)c1C(=O)O. The van der Waals surface area contributed by atoms with Gasteiger partial charge >= 0.3 is 11.9 Å². The molecule has 0 aromatic heterocycles. The Morgan fingerprint density at radius 1 is 0.762 bits per heavy atom. The van der Waals surface area contributed by atoms with Crippen LogP contribution < -0.4 is 0 Å². The average molecular weight is 284 g/mol. The van der Waals surface area contributed by atoms with Crippen LogP contribution in [0.5, 0.6) is 0 Å². The molecule has 0 aliphatic rings. The van der Waals surface area contributed by atoms with Gasteiger partial charge in [0.15, 0.2) is 5.78 Å². The summed E-state index contributed by atoms with van der Waals surface area (Å²) in [7, 11) is 0. The van der Waals surface area contributed by atoms with E-state index in [0.717, 1.165) is 0 Å². The van der Waals surface area contributed by atoms with Crippen molar-refractivity contribution in [2.75, 3.05) is 0 Å². The molecule has 5 nitrogen and oxygen atoms in total. The van der Waals surface area contributed by atoms with Crippen LogP contribution in [0.2, 0.25) is 0 Å². The lowest BCUT2D eigenvalue weighted by Gasteiger charge is -2.09. The van der Waals surface area contributed by atoms with E-state index in [4.69, 9.17) is 5.11 Å². The second kappa shape index (κ2) is 5.58. The first-order valence-corrected chi connectivity index (χ1v) is 6.13. The molecule has 0 fully saturated rings. The monoisotopic (exact) mass is 284 g/mol. The highest BCUT2D eigenvalue weighted by molar-refractivity contribution is 6.17. The highest BCUT2D eigenvalue weighted by Crippen LogP contribution is 2.20. The fraction of sp³-hybridized carbons (Fsp3) is 0.0625. The predicted octanol–water partition coefficient (Wildman–Crippen LogP) is 2.62. The van der Waals surface area contributed by atoms with Gasteiger partial charge in [0.2, 0.25) is 0 Å². The summed E-state index contributed by atoms with van der Waals surface area (Å²) in [5.74, 6) is -3.33. The zero-order valence-electron chi connectivity index (χ0n) is 11.2. The molecule has 0 saturated heterocycles. The maximum absolute atomic E-state index is 12.5. The molecule has 2 aromatic rings. The van der Waals surface area contributed by atoms with Crippen LogP contribution in [0.1, 0.15) is 42.2 Å². The maximum atomic E-state index is 12.5. The minimum Gasteiger partial charge on any atom is -0.478 e. The summed E-state index contributed by atoms with van der Waals surface area (Å²) in [5.41, 5.74) is 0.0268. The number of aryl methyl sites for hydroxylation is 1. The number of carbonyl (C=O) groups excluding carboxylic acids is 1. The first kappa shape index (κ1) is 14.5. The van der Waals surface area contributed by atoms with Crippen molar-refractivity contribution in [3.05, 3.63) is 70.3 Å². The van der Waals surface area contributed by atoms with Crippen LogP contribution in [0.15, 0.2) is 42.5 Å². The molecule has 0 spiro atoms. The smallest absolute Gasteiger partial charge is 0.337 e. The van der Waals surface area contributed by atoms with E-state index in [1.54, 1.807) is 31.2 Å². The molecule has 0 bridgehead atoms. The van der Waals surface area contributed by atoms with Gasteiger partial charge < -0.3 is 10.2 Å². The van der Waals surface area contributed by atoms with Gasteiger partial charge in [0.1, 0.15) is 0 Å². The quantitative estimate of drug-likeness (QED) is 0.842. The Labute approximate surface area is 120 Å². The number of carbonyl (C=O) groups is 3. The molecule has 0 aliphatic heterocycles. The Morgan fingerprint density at radius 3 is 1.90 bits per heavy atom. The van der Waals surface area contributed by atoms with Crippen molar-refractivity contribution >= 4 is 17.7 Å². The first-order chi connectivity index (χ1) is 9.93. The number of rotatable bonds is 4. The highest BCUT2D eigenvalue weighted by atomic mass is 16.4. The number of carboxylic acid groups (broad SMARTS) is 2. The van der Waals surface area contributed by atoms with E-state index in [2.05, 4.69) is 0 Å². The van der Waals surface area contributed by atoms with E-state index in [9.17, 15) is 19.5 Å². The van der Waals surface area contributed by atoms with Crippen molar-refractivity contribution in [3.8, 4) is 0 Å². The molecule has 0 radical (unpaired) electrons. The number of aromatic carboxylic acids is 2. The average Bonchev–Trinajstić information content (AvgIpc) is 2.46. The summed E-state index contributed by atoms with van der Waals surface area (Å²) < 4.78 is 0. The zero-order valence-corrected chi connectivity index (χ0v) is 11.2. The zero-order chi connectivity index (χ0) is 15.6. The van der Waals surface area contributed by atoms with E-state index in [-0.39, 0.29) is 5.56 Å². The summed E-state index contributed by atoms with van der Waals surface area (Å²) in [6.45, 7) is 1.73. The Bertz CT molecular complexity index is 746. The third-order valence-corrected chi connectivity index (χ3v) is 3.14. The van der Waals surface area contributed by atoms with Gasteiger partial charge in [0.25, 0.3) is 0 Å². The molecule has 0 saturated carbocycles. The molecule has 0 heterocycles. The molecular weight excluding hydrogens is 272 g/mol.